The Morgan fingerprint density at radius 3 is 2.67 bits per heavy atom. The van der Waals surface area contributed by atoms with Crippen LogP contribution in [0.5, 0.6) is 0 Å². The molecule has 0 radical (unpaired) electrons. The molecule has 1 aromatic rings. The normalized spacial score (nSPS) is 8.27. The molecule has 1 N–H and O–H groups in total. The van der Waals surface area contributed by atoms with Crippen LogP contribution >= 0.6 is 0 Å². The molecule has 1 rings (SSSR count). The van der Waals surface area contributed by atoms with Gasteiger partial charge in [-0.3, -0.25) is 9.78 Å². The summed E-state index contributed by atoms with van der Waals surface area (Å²) in [6.07, 6.45) is 3.28. The number of rotatable bonds is 3. The van der Waals surface area contributed by atoms with Gasteiger partial charge in [0.05, 0.1) is 6.07 Å². The number of aryl methyl sites for hydroxylation is 1. The molecule has 0 saturated heterocycles. The van der Waals surface area contributed by atoms with Crippen LogP contribution in [0.15, 0.2) is 24.4 Å². The summed E-state index contributed by atoms with van der Waals surface area (Å²) in [4.78, 5) is 13.4. The molecule has 0 bridgehead atoms. The van der Waals surface area contributed by atoms with Gasteiger partial charge in [-0.05, 0) is 12.1 Å². The van der Waals surface area contributed by atoms with Crippen LogP contribution in [0.1, 0.15) is 25.5 Å². The van der Waals surface area contributed by atoms with Crippen molar-refractivity contribution in [1.29, 1.82) is 5.26 Å². The van der Waals surface area contributed by atoms with E-state index in [9.17, 15) is 4.79 Å². The van der Waals surface area contributed by atoms with Crippen LogP contribution in [-0.4, -0.2) is 16.1 Å². The van der Waals surface area contributed by atoms with Crippen molar-refractivity contribution in [3.05, 3.63) is 30.1 Å². The fraction of sp³-hybridized carbons (Fsp3) is 0.364. The molecular weight excluding hydrogens is 192 g/mol. The quantitative estimate of drug-likeness (QED) is 0.821. The lowest BCUT2D eigenvalue weighted by Gasteiger charge is -1.91. The summed E-state index contributed by atoms with van der Waals surface area (Å²) in [5.74, 6) is -0.745. The number of aromatic nitrogens is 1. The fourth-order valence-corrected chi connectivity index (χ4v) is 0.730. The molecular formula is C11H14N2O2. The van der Waals surface area contributed by atoms with E-state index in [4.69, 9.17) is 10.4 Å². The molecule has 0 atom stereocenters. The zero-order valence-corrected chi connectivity index (χ0v) is 8.68. The third-order valence-electron chi connectivity index (χ3n) is 1.52. The Balaban J connectivity index is 0.000000336. The van der Waals surface area contributed by atoms with Crippen molar-refractivity contribution in [3.63, 3.8) is 0 Å². The smallest absolute Gasteiger partial charge is 0.303 e. The lowest BCUT2D eigenvalue weighted by Crippen LogP contribution is -1.86. The molecule has 0 aromatic carbocycles. The van der Waals surface area contributed by atoms with Gasteiger partial charge in [-0.15, -0.1) is 0 Å². The van der Waals surface area contributed by atoms with E-state index in [2.05, 4.69) is 11.1 Å². The molecule has 0 aliphatic rings. The molecule has 1 heterocycles. The highest BCUT2D eigenvalue weighted by molar-refractivity contribution is 5.66. The van der Waals surface area contributed by atoms with Gasteiger partial charge < -0.3 is 5.11 Å². The maximum atomic E-state index is 9.37. The molecule has 4 heteroatoms. The van der Waals surface area contributed by atoms with Gasteiger partial charge >= 0.3 is 5.97 Å². The summed E-state index contributed by atoms with van der Waals surface area (Å²) in [5, 5.41) is 16.0. The number of aliphatic carboxylic acids is 1. The molecule has 4 nitrogen and oxygen atoms in total. The van der Waals surface area contributed by atoms with Crippen molar-refractivity contribution in [2.24, 2.45) is 0 Å². The van der Waals surface area contributed by atoms with E-state index in [0.717, 1.165) is 12.1 Å². The molecule has 1 aromatic heterocycles. The minimum atomic E-state index is -0.745. The SMILES string of the molecule is CCC(=O)O.N#CCCc1ccccn1. The number of pyridine rings is 1. The van der Waals surface area contributed by atoms with Crippen LogP contribution in [0.4, 0.5) is 0 Å². The van der Waals surface area contributed by atoms with Crippen LogP contribution in [0.3, 0.4) is 0 Å². The predicted molar refractivity (Wildman–Crippen MR) is 56.1 cm³/mol. The number of hydrogen-bond acceptors (Lipinski definition) is 3. The third-order valence-corrected chi connectivity index (χ3v) is 1.52. The second-order valence-electron chi connectivity index (χ2n) is 2.73. The molecule has 0 saturated carbocycles. The summed E-state index contributed by atoms with van der Waals surface area (Å²) < 4.78 is 0. The van der Waals surface area contributed by atoms with Crippen LogP contribution in [0, 0.1) is 11.3 Å². The number of carboxylic acids is 1. The second kappa shape index (κ2) is 8.70. The van der Waals surface area contributed by atoms with Gasteiger partial charge in [-0.2, -0.15) is 5.26 Å². The van der Waals surface area contributed by atoms with Crippen LogP contribution < -0.4 is 0 Å². The number of nitriles is 1. The highest BCUT2D eigenvalue weighted by Crippen LogP contribution is 1.96. The lowest BCUT2D eigenvalue weighted by atomic mass is 10.2. The Kier molecular flexibility index (Phi) is 7.60. The number of hydrogen-bond donors (Lipinski definition) is 1. The Morgan fingerprint density at radius 1 is 1.60 bits per heavy atom. The van der Waals surface area contributed by atoms with Gasteiger partial charge in [0, 0.05) is 31.2 Å². The average molecular weight is 206 g/mol. The first-order chi connectivity index (χ1) is 7.20. The van der Waals surface area contributed by atoms with E-state index in [1.165, 1.54) is 0 Å². The molecule has 80 valence electrons. The van der Waals surface area contributed by atoms with Crippen molar-refractivity contribution in [3.8, 4) is 6.07 Å². The highest BCUT2D eigenvalue weighted by Gasteiger charge is 1.89. The van der Waals surface area contributed by atoms with Gasteiger partial charge in [0.1, 0.15) is 0 Å². The topological polar surface area (TPSA) is 74.0 Å². The Morgan fingerprint density at radius 2 is 2.27 bits per heavy atom. The van der Waals surface area contributed by atoms with E-state index in [0.29, 0.717) is 6.42 Å². The minimum absolute atomic E-state index is 0.222. The van der Waals surface area contributed by atoms with E-state index in [1.807, 2.05) is 18.2 Å². The lowest BCUT2D eigenvalue weighted by molar-refractivity contribution is -0.136. The molecule has 0 aliphatic heterocycles. The van der Waals surface area contributed by atoms with Gasteiger partial charge in [-0.1, -0.05) is 13.0 Å². The summed E-state index contributed by atoms with van der Waals surface area (Å²) in [6, 6.07) is 7.81. The van der Waals surface area contributed by atoms with Crippen LogP contribution in [-0.2, 0) is 11.2 Å². The zero-order chi connectivity index (χ0) is 11.5. The van der Waals surface area contributed by atoms with Crippen molar-refractivity contribution >= 4 is 5.97 Å². The minimum Gasteiger partial charge on any atom is -0.481 e. The third kappa shape index (κ3) is 8.44. The summed E-state index contributed by atoms with van der Waals surface area (Å²) in [6.45, 7) is 1.60. The van der Waals surface area contributed by atoms with E-state index < -0.39 is 5.97 Å². The molecule has 0 unspecified atom stereocenters. The Bertz CT molecular complexity index is 317. The fourth-order valence-electron chi connectivity index (χ4n) is 0.730. The van der Waals surface area contributed by atoms with Crippen molar-refractivity contribution < 1.29 is 9.90 Å². The van der Waals surface area contributed by atoms with Crippen molar-refractivity contribution in [1.82, 2.24) is 4.98 Å². The number of carboxylic acid groups (broad SMARTS) is 1. The molecule has 15 heavy (non-hydrogen) atoms. The predicted octanol–water partition coefficient (Wildman–Crippen LogP) is 2.02. The second-order valence-corrected chi connectivity index (χ2v) is 2.73. The van der Waals surface area contributed by atoms with Crippen molar-refractivity contribution in [2.45, 2.75) is 26.2 Å². The van der Waals surface area contributed by atoms with E-state index in [1.54, 1.807) is 13.1 Å². The van der Waals surface area contributed by atoms with Gasteiger partial charge in [-0.25, -0.2) is 0 Å². The first-order valence-electron chi connectivity index (χ1n) is 4.69. The van der Waals surface area contributed by atoms with Gasteiger partial charge in [0.15, 0.2) is 0 Å². The summed E-state index contributed by atoms with van der Waals surface area (Å²) in [7, 11) is 0. The maximum Gasteiger partial charge on any atom is 0.303 e. The van der Waals surface area contributed by atoms with E-state index in [-0.39, 0.29) is 6.42 Å². The number of carbonyl (C=O) groups is 1. The Hall–Kier alpha value is -1.89. The van der Waals surface area contributed by atoms with Crippen LogP contribution in [0.25, 0.3) is 0 Å². The summed E-state index contributed by atoms with van der Waals surface area (Å²) >= 11 is 0. The van der Waals surface area contributed by atoms with Gasteiger partial charge in [0.25, 0.3) is 0 Å². The average Bonchev–Trinajstić information content (AvgIpc) is 2.28. The van der Waals surface area contributed by atoms with Crippen molar-refractivity contribution in [2.75, 3.05) is 0 Å². The number of nitrogens with zero attached hydrogens (tertiary/aromatic N) is 2. The molecule has 0 fully saturated rings. The highest BCUT2D eigenvalue weighted by atomic mass is 16.4. The van der Waals surface area contributed by atoms with Gasteiger partial charge in [0.2, 0.25) is 0 Å². The largest absolute Gasteiger partial charge is 0.481 e. The maximum absolute atomic E-state index is 9.37. The van der Waals surface area contributed by atoms with Crippen LogP contribution in [0.2, 0.25) is 0 Å². The summed E-state index contributed by atoms with van der Waals surface area (Å²) in [5.41, 5.74) is 0.990. The zero-order valence-electron chi connectivity index (χ0n) is 8.68. The first-order valence-corrected chi connectivity index (χ1v) is 4.69. The molecule has 0 spiro atoms. The Labute approximate surface area is 89.2 Å². The van der Waals surface area contributed by atoms with E-state index >= 15 is 0 Å². The first kappa shape index (κ1) is 13.1. The monoisotopic (exact) mass is 206 g/mol. The standard InChI is InChI=1S/C8H8N2.C3H6O2/c9-6-3-5-8-4-1-2-7-10-8;1-2-3(4)5/h1-2,4,7H,3,5H2;2H2,1H3,(H,4,5). The molecule has 0 amide bonds. The molecule has 0 aliphatic carbocycles.